The summed E-state index contributed by atoms with van der Waals surface area (Å²) >= 11 is 0. The first kappa shape index (κ1) is 1150. The van der Waals surface area contributed by atoms with Crippen molar-refractivity contribution in [2.45, 2.75) is 0 Å². The van der Waals surface area contributed by atoms with Crippen molar-refractivity contribution in [3.05, 3.63) is 0 Å². The van der Waals surface area contributed by atoms with Gasteiger partial charge >= 0.3 is 35.2 Å². The molecule has 0 saturated carbocycles. The first-order valence-electron chi connectivity index (χ1n) is 0. The van der Waals surface area contributed by atoms with Crippen molar-refractivity contribution in [2.24, 2.45) is 0 Å². The quantitative estimate of drug-likeness (QED) is 0.373. The van der Waals surface area contributed by atoms with Crippen molar-refractivity contribution in [1.82, 2.24) is 0 Å². The minimum absolute atomic E-state index is 0. The number of hydrogen-bond donors (Lipinski definition) is 0. The fourth-order valence-electron chi connectivity index (χ4n) is 0. The fraction of sp³-hybridized carbons (Fsp3) is 0. The summed E-state index contributed by atoms with van der Waals surface area (Å²) < 4.78 is 0. The van der Waals surface area contributed by atoms with E-state index in [4.69, 9.17) is 0 Å². The third kappa shape index (κ3) is 483. The summed E-state index contributed by atoms with van der Waals surface area (Å²) in [4.78, 5) is 0. The zero-order chi connectivity index (χ0) is 0. The molecule has 0 aliphatic rings. The van der Waals surface area contributed by atoms with Crippen LogP contribution in [0.4, 0.5) is 28.2 Å². The number of halogens is 6. The minimum atomic E-state index is 0. The Kier molecular flexibility index (Phi) is 110000. The van der Waals surface area contributed by atoms with Gasteiger partial charge in [0, 0.05) is 0 Å². The monoisotopic (exact) mass is 274 g/mol. The summed E-state index contributed by atoms with van der Waals surface area (Å²) in [5.41, 5.74) is 0. The van der Waals surface area contributed by atoms with Crippen LogP contribution in [0.1, 0.15) is 0 Å². The molecule has 0 atom stereocenters. The predicted molar refractivity (Wildman–Crippen MR) is 34.9 cm³/mol. The van der Waals surface area contributed by atoms with E-state index in [0.29, 0.717) is 0 Å². The fourth-order valence-corrected chi connectivity index (χ4v) is 0. The molecule has 0 aliphatic carbocycles. The van der Waals surface area contributed by atoms with E-state index in [-0.39, 0.29) is 63.4 Å². The van der Waals surface area contributed by atoms with Crippen molar-refractivity contribution in [3.63, 3.8) is 0 Å². The van der Waals surface area contributed by atoms with Gasteiger partial charge in [0.25, 0.3) is 0 Å². The third-order valence-corrected chi connectivity index (χ3v) is 0. The summed E-state index contributed by atoms with van der Waals surface area (Å²) in [6.45, 7) is 0. The van der Waals surface area contributed by atoms with Gasteiger partial charge in [0.2, 0.25) is 0 Å². The first-order chi connectivity index (χ1) is 0. The van der Waals surface area contributed by atoms with Crippen molar-refractivity contribution in [3.8, 4) is 0 Å². The molecule has 62 valence electrons. The van der Waals surface area contributed by atoms with Gasteiger partial charge < -0.3 is 0 Å². The topological polar surface area (TPSA) is 0 Å². The number of rotatable bonds is 0. The molecule has 0 aliphatic heterocycles. The molecule has 0 bridgehead atoms. The van der Waals surface area contributed by atoms with Gasteiger partial charge in [-0.05, 0) is 0 Å². The average Bonchev–Trinajstić information content (AvgIpc) is 0. The molecule has 0 heterocycles. The molecule has 0 unspecified atom stereocenters. The van der Waals surface area contributed by atoms with Gasteiger partial charge in [0.1, 0.15) is 0 Å². The van der Waals surface area contributed by atoms with E-state index in [2.05, 4.69) is 0 Å². The van der Waals surface area contributed by atoms with Gasteiger partial charge in [-0.1, -0.05) is 0 Å². The Hall–Kier alpha value is 0.666. The second-order valence-electron chi connectivity index (χ2n) is 0. The molecule has 0 spiro atoms. The van der Waals surface area contributed by atoms with Crippen molar-refractivity contribution >= 4 is 35.2 Å². The van der Waals surface area contributed by atoms with Crippen LogP contribution in [0.3, 0.4) is 0 Å². The van der Waals surface area contributed by atoms with Crippen molar-refractivity contribution in [1.29, 1.82) is 0 Å². The SMILES string of the molecule is F.F.F.F.F.F.[GeH3].[GeH3]. The van der Waals surface area contributed by atoms with Crippen LogP contribution in [0.15, 0.2) is 0 Å². The first-order valence-corrected chi connectivity index (χ1v) is 0. The van der Waals surface area contributed by atoms with Crippen LogP contribution in [0.2, 0.25) is 0 Å². The molecule has 8 heavy (non-hydrogen) atoms. The summed E-state index contributed by atoms with van der Waals surface area (Å²) in [7, 11) is 0. The Labute approximate surface area is 63.9 Å². The van der Waals surface area contributed by atoms with Crippen LogP contribution < -0.4 is 0 Å². The Morgan fingerprint density at radius 3 is 0.250 bits per heavy atom. The molecular formula is H12F6Ge2. The molecule has 0 nitrogen and oxygen atoms in total. The van der Waals surface area contributed by atoms with Gasteiger partial charge in [-0.2, -0.15) is 0 Å². The van der Waals surface area contributed by atoms with E-state index in [1.807, 2.05) is 0 Å². The van der Waals surface area contributed by atoms with Gasteiger partial charge in [-0.15, -0.1) is 0 Å². The Balaban J connectivity index is 0. The summed E-state index contributed by atoms with van der Waals surface area (Å²) in [5.74, 6) is 0. The molecule has 0 aromatic rings. The van der Waals surface area contributed by atoms with Crippen LogP contribution in [-0.4, -0.2) is 35.2 Å². The Morgan fingerprint density at radius 1 is 0.250 bits per heavy atom. The molecule has 0 rings (SSSR count). The Morgan fingerprint density at radius 2 is 0.250 bits per heavy atom. The predicted octanol–water partition coefficient (Wildman–Crippen LogP) is -1.45. The average molecular weight is 271 g/mol. The van der Waals surface area contributed by atoms with Gasteiger partial charge in [0.15, 0.2) is 0 Å². The van der Waals surface area contributed by atoms with Crippen LogP contribution >= 0.6 is 0 Å². The molecule has 0 N–H and O–H groups in total. The van der Waals surface area contributed by atoms with Crippen molar-refractivity contribution < 1.29 is 28.2 Å². The van der Waals surface area contributed by atoms with Crippen LogP contribution in [0.25, 0.3) is 0 Å². The molecule has 0 aromatic heterocycles. The van der Waals surface area contributed by atoms with Crippen molar-refractivity contribution in [2.75, 3.05) is 0 Å². The second kappa shape index (κ2) is 769. The zero-order valence-electron chi connectivity index (χ0n) is 4.45. The normalized spacial score (nSPS) is 0. The zero-order valence-corrected chi connectivity index (χ0v) is 12.8. The van der Waals surface area contributed by atoms with E-state index in [0.717, 1.165) is 0 Å². The molecule has 0 aromatic carbocycles. The van der Waals surface area contributed by atoms with E-state index in [1.54, 1.807) is 0 Å². The molecule has 0 fully saturated rings. The van der Waals surface area contributed by atoms with Gasteiger partial charge in [-0.3, -0.25) is 28.2 Å². The molecule has 8 heteroatoms. The van der Waals surface area contributed by atoms with E-state index < -0.39 is 0 Å². The number of hydrogen-bond acceptors (Lipinski definition) is 0. The maximum absolute atomic E-state index is 0. The van der Waals surface area contributed by atoms with Crippen LogP contribution in [0.5, 0.6) is 0 Å². The standard InChI is InChI=1S/6FH.2GeH3/h6*1H;2*1H3. The summed E-state index contributed by atoms with van der Waals surface area (Å²) in [5, 5.41) is 0. The maximum atomic E-state index is 0. The van der Waals surface area contributed by atoms with E-state index in [1.165, 1.54) is 0 Å². The molecule has 2 radical (unpaired) electrons. The molecule has 0 saturated heterocycles. The summed E-state index contributed by atoms with van der Waals surface area (Å²) in [6.07, 6.45) is 0. The second-order valence-corrected chi connectivity index (χ2v) is 0. The van der Waals surface area contributed by atoms with Gasteiger partial charge in [0.05, 0.1) is 0 Å². The third-order valence-electron chi connectivity index (χ3n) is 0. The van der Waals surface area contributed by atoms with Gasteiger partial charge in [-0.25, -0.2) is 0 Å². The summed E-state index contributed by atoms with van der Waals surface area (Å²) in [6, 6.07) is 0. The van der Waals surface area contributed by atoms with Crippen LogP contribution in [-0.2, 0) is 0 Å². The Bertz CT molecular complexity index is 6.49. The van der Waals surface area contributed by atoms with E-state index in [9.17, 15) is 0 Å². The molecular weight excluding hydrogens is 259 g/mol. The van der Waals surface area contributed by atoms with E-state index >= 15 is 0 Å². The van der Waals surface area contributed by atoms with Crippen LogP contribution in [0, 0.1) is 0 Å². The molecule has 0 amide bonds.